The Kier molecular flexibility index (Phi) is 8.26. The number of Topliss-reactive ketones (excluding diaryl/α,β-unsaturated/α-hetero) is 1. The fourth-order valence-corrected chi connectivity index (χ4v) is 5.25. The fraction of sp³-hybridized carbons (Fsp3) is 0.615. The maximum absolute atomic E-state index is 13.1. The maximum Gasteiger partial charge on any atom is 0.237 e. The zero-order chi connectivity index (χ0) is 23.0. The summed E-state index contributed by atoms with van der Waals surface area (Å²) in [5, 5.41) is 2.74. The van der Waals surface area contributed by atoms with Gasteiger partial charge in [-0.05, 0) is 36.8 Å². The molecule has 4 rings (SSSR count). The predicted octanol–water partition coefficient (Wildman–Crippen LogP) is 4.46. The number of amides is 1. The first kappa shape index (κ1) is 23.6. The molecule has 2 aromatic heterocycles. The van der Waals surface area contributed by atoms with Gasteiger partial charge in [0.1, 0.15) is 0 Å². The van der Waals surface area contributed by atoms with Gasteiger partial charge in [0.05, 0.1) is 23.8 Å². The van der Waals surface area contributed by atoms with Gasteiger partial charge in [-0.2, -0.15) is 0 Å². The van der Waals surface area contributed by atoms with Crippen LogP contribution >= 0.6 is 0 Å². The first-order chi connectivity index (χ1) is 16.1. The van der Waals surface area contributed by atoms with Crippen molar-refractivity contribution >= 4 is 11.7 Å². The Morgan fingerprint density at radius 2 is 1.76 bits per heavy atom. The van der Waals surface area contributed by atoms with Crippen molar-refractivity contribution in [3.8, 4) is 11.5 Å². The van der Waals surface area contributed by atoms with E-state index in [0.29, 0.717) is 29.8 Å². The van der Waals surface area contributed by atoms with Gasteiger partial charge in [0.25, 0.3) is 0 Å². The Balaban J connectivity index is 1.41. The second-order valence-corrected chi connectivity index (χ2v) is 9.73. The molecule has 0 bridgehead atoms. The summed E-state index contributed by atoms with van der Waals surface area (Å²) in [6, 6.07) is 3.10. The molecule has 0 saturated heterocycles. The third kappa shape index (κ3) is 6.50. The van der Waals surface area contributed by atoms with Crippen LogP contribution in [0.2, 0.25) is 0 Å². The quantitative estimate of drug-likeness (QED) is 0.544. The lowest BCUT2D eigenvalue weighted by Crippen LogP contribution is -2.43. The van der Waals surface area contributed by atoms with Crippen LogP contribution in [-0.2, 0) is 11.2 Å². The standard InChI is InChI=1S/C26H36N4O3/c27-21(14-18-8-3-1-4-9-18)25(32)29-17-23(31)24-22(15-19-10-5-2-6-11-19)30-26(33-24)20-12-7-13-28-16-20/h7,12-13,16,18-19,21H,1-6,8-11,14-15,17,27H2,(H,29,32). The topological polar surface area (TPSA) is 111 Å². The summed E-state index contributed by atoms with van der Waals surface area (Å²) >= 11 is 0. The van der Waals surface area contributed by atoms with Gasteiger partial charge in [-0.25, -0.2) is 4.98 Å². The predicted molar refractivity (Wildman–Crippen MR) is 127 cm³/mol. The van der Waals surface area contributed by atoms with E-state index >= 15 is 0 Å². The minimum Gasteiger partial charge on any atom is -0.433 e. The lowest BCUT2D eigenvalue weighted by atomic mass is 9.85. The van der Waals surface area contributed by atoms with Gasteiger partial charge in [0.15, 0.2) is 5.76 Å². The Labute approximate surface area is 195 Å². The molecule has 7 nitrogen and oxygen atoms in total. The zero-order valence-electron chi connectivity index (χ0n) is 19.4. The van der Waals surface area contributed by atoms with Crippen molar-refractivity contribution in [2.24, 2.45) is 17.6 Å². The van der Waals surface area contributed by atoms with Crippen LogP contribution in [0.1, 0.15) is 86.9 Å². The lowest BCUT2D eigenvalue weighted by molar-refractivity contribution is -0.122. The van der Waals surface area contributed by atoms with E-state index in [2.05, 4.69) is 15.3 Å². The molecule has 7 heteroatoms. The average molecular weight is 453 g/mol. The maximum atomic E-state index is 13.1. The van der Waals surface area contributed by atoms with E-state index in [1.807, 2.05) is 12.1 Å². The van der Waals surface area contributed by atoms with Crippen LogP contribution in [0.15, 0.2) is 28.9 Å². The summed E-state index contributed by atoms with van der Waals surface area (Å²) in [5.74, 6) is 1.14. The van der Waals surface area contributed by atoms with Gasteiger partial charge < -0.3 is 15.5 Å². The summed E-state index contributed by atoms with van der Waals surface area (Å²) in [5.41, 5.74) is 7.56. The van der Waals surface area contributed by atoms with Crippen LogP contribution in [0, 0.1) is 11.8 Å². The lowest BCUT2D eigenvalue weighted by Gasteiger charge is -2.24. The Morgan fingerprint density at radius 3 is 2.42 bits per heavy atom. The molecule has 1 amide bonds. The van der Waals surface area contributed by atoms with Gasteiger partial charge >= 0.3 is 0 Å². The van der Waals surface area contributed by atoms with Crippen molar-refractivity contribution in [3.63, 3.8) is 0 Å². The highest BCUT2D eigenvalue weighted by Gasteiger charge is 2.26. The van der Waals surface area contributed by atoms with Gasteiger partial charge in [-0.3, -0.25) is 14.6 Å². The number of nitrogens with one attached hydrogen (secondary N) is 1. The molecule has 1 atom stereocenters. The molecule has 1 unspecified atom stereocenters. The van der Waals surface area contributed by atoms with Gasteiger partial charge in [0.2, 0.25) is 17.6 Å². The highest BCUT2D eigenvalue weighted by atomic mass is 16.4. The van der Waals surface area contributed by atoms with E-state index in [9.17, 15) is 9.59 Å². The zero-order valence-corrected chi connectivity index (χ0v) is 19.4. The highest BCUT2D eigenvalue weighted by Crippen LogP contribution is 2.30. The molecule has 3 N–H and O–H groups in total. The smallest absolute Gasteiger partial charge is 0.237 e. The number of ketones is 1. The number of pyridine rings is 1. The minimum absolute atomic E-state index is 0.128. The Hall–Kier alpha value is -2.54. The number of nitrogens with zero attached hydrogens (tertiary/aromatic N) is 2. The van der Waals surface area contributed by atoms with E-state index in [-0.39, 0.29) is 24.0 Å². The van der Waals surface area contributed by atoms with Crippen molar-refractivity contribution in [2.75, 3.05) is 6.54 Å². The number of hydrogen-bond donors (Lipinski definition) is 2. The molecule has 2 saturated carbocycles. The van der Waals surface area contributed by atoms with Crippen LogP contribution in [0.5, 0.6) is 0 Å². The van der Waals surface area contributed by atoms with Crippen molar-refractivity contribution in [1.29, 1.82) is 0 Å². The number of carbonyl (C=O) groups excluding carboxylic acids is 2. The molecule has 0 spiro atoms. The molecular formula is C26H36N4O3. The number of oxazole rings is 1. The molecule has 178 valence electrons. The van der Waals surface area contributed by atoms with E-state index < -0.39 is 6.04 Å². The fourth-order valence-electron chi connectivity index (χ4n) is 5.25. The van der Waals surface area contributed by atoms with Crippen LogP contribution in [0.25, 0.3) is 11.5 Å². The molecule has 0 aromatic carbocycles. The number of carbonyl (C=O) groups is 2. The van der Waals surface area contributed by atoms with Gasteiger partial charge in [-0.15, -0.1) is 0 Å². The Bertz CT molecular complexity index is 915. The van der Waals surface area contributed by atoms with E-state index in [1.54, 1.807) is 12.4 Å². The van der Waals surface area contributed by atoms with Crippen molar-refractivity contribution in [2.45, 2.75) is 83.1 Å². The van der Waals surface area contributed by atoms with Gasteiger partial charge in [-0.1, -0.05) is 64.2 Å². The highest BCUT2D eigenvalue weighted by molar-refractivity contribution is 5.98. The van der Waals surface area contributed by atoms with Crippen LogP contribution in [0.4, 0.5) is 0 Å². The molecular weight excluding hydrogens is 416 g/mol. The van der Waals surface area contributed by atoms with E-state index in [4.69, 9.17) is 10.2 Å². The number of nitrogens with two attached hydrogens (primary N) is 1. The summed E-state index contributed by atoms with van der Waals surface area (Å²) in [6.45, 7) is -0.128. The van der Waals surface area contributed by atoms with Crippen molar-refractivity contribution in [3.05, 3.63) is 36.0 Å². The van der Waals surface area contributed by atoms with Crippen LogP contribution in [-0.4, -0.2) is 34.2 Å². The number of rotatable bonds is 9. The third-order valence-electron chi connectivity index (χ3n) is 7.14. The largest absolute Gasteiger partial charge is 0.433 e. The Morgan fingerprint density at radius 1 is 1.06 bits per heavy atom. The second-order valence-electron chi connectivity index (χ2n) is 9.73. The normalized spacial score (nSPS) is 18.7. The molecule has 33 heavy (non-hydrogen) atoms. The van der Waals surface area contributed by atoms with Gasteiger partial charge in [0, 0.05) is 12.4 Å². The molecule has 2 heterocycles. The molecule has 0 radical (unpaired) electrons. The summed E-state index contributed by atoms with van der Waals surface area (Å²) < 4.78 is 5.94. The van der Waals surface area contributed by atoms with Crippen LogP contribution in [0.3, 0.4) is 0 Å². The minimum atomic E-state index is -0.580. The summed E-state index contributed by atoms with van der Waals surface area (Å²) in [7, 11) is 0. The number of hydrogen-bond acceptors (Lipinski definition) is 6. The molecule has 2 aliphatic rings. The van der Waals surface area contributed by atoms with E-state index in [0.717, 1.165) is 37.7 Å². The monoisotopic (exact) mass is 452 g/mol. The van der Waals surface area contributed by atoms with Crippen LogP contribution < -0.4 is 11.1 Å². The second kappa shape index (κ2) is 11.5. The van der Waals surface area contributed by atoms with Crippen molar-refractivity contribution < 1.29 is 14.0 Å². The van der Waals surface area contributed by atoms with Crippen molar-refractivity contribution in [1.82, 2.24) is 15.3 Å². The average Bonchev–Trinajstić information content (AvgIpc) is 3.28. The first-order valence-corrected chi connectivity index (χ1v) is 12.6. The molecule has 2 aliphatic carbocycles. The van der Waals surface area contributed by atoms with E-state index in [1.165, 1.54) is 38.5 Å². The number of aromatic nitrogens is 2. The third-order valence-corrected chi connectivity index (χ3v) is 7.14. The molecule has 0 aliphatic heterocycles. The summed E-state index contributed by atoms with van der Waals surface area (Å²) in [6.07, 6.45) is 16.8. The summed E-state index contributed by atoms with van der Waals surface area (Å²) in [4.78, 5) is 34.4. The first-order valence-electron chi connectivity index (χ1n) is 12.6. The molecule has 2 aromatic rings. The SMILES string of the molecule is NC(CC1CCCCC1)C(=O)NCC(=O)c1oc(-c2cccnc2)nc1CC1CCCCC1. The molecule has 2 fully saturated rings.